The Kier molecular flexibility index (Phi) is 9.13. The lowest BCUT2D eigenvalue weighted by molar-refractivity contribution is -0.162. The molecule has 2 amide bonds. The topological polar surface area (TPSA) is 104 Å². The van der Waals surface area contributed by atoms with Crippen LogP contribution in [0.25, 0.3) is 0 Å². The van der Waals surface area contributed by atoms with E-state index in [4.69, 9.17) is 5.73 Å². The van der Waals surface area contributed by atoms with E-state index in [1.807, 2.05) is 182 Å². The number of carbonyl (C=O) groups is 2. The number of benzene rings is 6. The van der Waals surface area contributed by atoms with Crippen molar-refractivity contribution in [1.29, 1.82) is 0 Å². The first-order valence-corrected chi connectivity index (χ1v) is 17.2. The number of primary amides is 1. The Balaban J connectivity index is 1.64. The minimum Gasteiger partial charge on any atom is -0.378 e. The maximum Gasteiger partial charge on any atom is 0.239 e. The maximum atomic E-state index is 15.7. The zero-order chi connectivity index (χ0) is 35.5. The molecule has 0 spiro atoms. The molecular formula is C45H40N2O4. The Morgan fingerprint density at radius 3 is 0.980 bits per heavy atom. The first-order valence-electron chi connectivity index (χ1n) is 17.2. The Morgan fingerprint density at radius 1 is 0.490 bits per heavy atom. The van der Waals surface area contributed by atoms with E-state index >= 15 is 4.79 Å². The van der Waals surface area contributed by atoms with Crippen molar-refractivity contribution in [2.45, 2.75) is 36.1 Å². The van der Waals surface area contributed by atoms with Crippen molar-refractivity contribution in [2.75, 3.05) is 0 Å². The predicted octanol–water partition coefficient (Wildman–Crippen LogP) is 7.44. The fraction of sp³-hybridized carbons (Fsp3) is 0.156. The largest absolute Gasteiger partial charge is 0.378 e. The Bertz CT molecular complexity index is 1860. The monoisotopic (exact) mass is 672 g/mol. The van der Waals surface area contributed by atoms with Crippen LogP contribution in [0.4, 0.5) is 0 Å². The van der Waals surface area contributed by atoms with Gasteiger partial charge in [0, 0.05) is 0 Å². The van der Waals surface area contributed by atoms with Crippen LogP contribution in [-0.4, -0.2) is 26.9 Å². The SMILES string of the molecule is NC(=O)C1(C(=O)N([C@H](c2ccccc2)C(O)(c2ccccc2)c2ccccc2)[C@H](c2ccccc2)C(O)(c2ccccc2)c2ccccc2)CC1. The first kappa shape index (κ1) is 33.7. The molecule has 1 saturated carbocycles. The molecule has 254 valence electrons. The van der Waals surface area contributed by atoms with Crippen LogP contribution in [0.5, 0.6) is 0 Å². The van der Waals surface area contributed by atoms with E-state index in [1.165, 1.54) is 0 Å². The van der Waals surface area contributed by atoms with Gasteiger partial charge >= 0.3 is 0 Å². The van der Waals surface area contributed by atoms with Crippen LogP contribution in [0.3, 0.4) is 0 Å². The minimum atomic E-state index is -1.89. The molecule has 0 aromatic heterocycles. The summed E-state index contributed by atoms with van der Waals surface area (Å²) in [6.45, 7) is 0. The van der Waals surface area contributed by atoms with Gasteiger partial charge < -0.3 is 20.8 Å². The normalized spacial score (nSPS) is 14.9. The number of aliphatic hydroxyl groups is 2. The van der Waals surface area contributed by atoms with E-state index in [1.54, 1.807) is 4.90 Å². The molecule has 0 unspecified atom stereocenters. The smallest absolute Gasteiger partial charge is 0.239 e. The molecule has 0 bridgehead atoms. The zero-order valence-electron chi connectivity index (χ0n) is 28.1. The lowest BCUT2D eigenvalue weighted by Crippen LogP contribution is -2.57. The van der Waals surface area contributed by atoms with Crippen molar-refractivity contribution in [3.8, 4) is 0 Å². The number of nitrogens with zero attached hydrogens (tertiary/aromatic N) is 1. The second kappa shape index (κ2) is 13.8. The first-order chi connectivity index (χ1) is 24.8. The molecule has 2 atom stereocenters. The van der Waals surface area contributed by atoms with Crippen molar-refractivity contribution < 1.29 is 19.8 Å². The molecule has 0 radical (unpaired) electrons. The van der Waals surface area contributed by atoms with Crippen molar-refractivity contribution in [3.63, 3.8) is 0 Å². The number of hydrogen-bond donors (Lipinski definition) is 3. The van der Waals surface area contributed by atoms with Crippen LogP contribution in [0.2, 0.25) is 0 Å². The van der Waals surface area contributed by atoms with Gasteiger partial charge in [-0.25, -0.2) is 0 Å². The molecule has 0 saturated heterocycles. The average molecular weight is 673 g/mol. The summed E-state index contributed by atoms with van der Waals surface area (Å²) < 4.78 is 0. The summed E-state index contributed by atoms with van der Waals surface area (Å²) in [6.07, 6.45) is 0.510. The minimum absolute atomic E-state index is 0.255. The molecule has 1 aliphatic rings. The van der Waals surface area contributed by atoms with Gasteiger partial charge in [-0.1, -0.05) is 182 Å². The number of hydrogen-bond acceptors (Lipinski definition) is 4. The van der Waals surface area contributed by atoms with Gasteiger partial charge in [0.2, 0.25) is 11.8 Å². The highest BCUT2D eigenvalue weighted by Gasteiger charge is 2.63. The van der Waals surface area contributed by atoms with E-state index in [2.05, 4.69) is 0 Å². The highest BCUT2D eigenvalue weighted by Crippen LogP contribution is 2.57. The molecule has 6 heteroatoms. The fourth-order valence-electron chi connectivity index (χ4n) is 7.53. The van der Waals surface area contributed by atoms with Crippen LogP contribution < -0.4 is 5.73 Å². The molecule has 0 heterocycles. The van der Waals surface area contributed by atoms with Crippen LogP contribution in [0.1, 0.15) is 58.3 Å². The van der Waals surface area contributed by atoms with Crippen LogP contribution in [-0.2, 0) is 20.8 Å². The lowest BCUT2D eigenvalue weighted by atomic mass is 9.71. The summed E-state index contributed by atoms with van der Waals surface area (Å²) in [6, 6.07) is 53.3. The van der Waals surface area contributed by atoms with Gasteiger partial charge in [0.05, 0.1) is 12.1 Å². The number of amides is 2. The molecule has 4 N–H and O–H groups in total. The molecule has 6 aromatic carbocycles. The highest BCUT2D eigenvalue weighted by molar-refractivity contribution is 6.07. The van der Waals surface area contributed by atoms with Gasteiger partial charge in [0.25, 0.3) is 0 Å². The van der Waals surface area contributed by atoms with Gasteiger partial charge in [0.15, 0.2) is 0 Å². The van der Waals surface area contributed by atoms with E-state index in [9.17, 15) is 15.0 Å². The summed E-state index contributed by atoms with van der Waals surface area (Å²) in [5.74, 6) is -1.30. The molecule has 7 rings (SSSR count). The number of rotatable bonds is 12. The molecule has 1 aliphatic carbocycles. The summed E-state index contributed by atoms with van der Waals surface area (Å²) in [7, 11) is 0. The molecule has 6 nitrogen and oxygen atoms in total. The third kappa shape index (κ3) is 5.92. The predicted molar refractivity (Wildman–Crippen MR) is 198 cm³/mol. The number of nitrogens with two attached hydrogens (primary N) is 1. The van der Waals surface area contributed by atoms with Crippen LogP contribution in [0, 0.1) is 5.41 Å². The van der Waals surface area contributed by atoms with Crippen molar-refractivity contribution in [1.82, 2.24) is 4.90 Å². The summed E-state index contributed by atoms with van der Waals surface area (Å²) in [4.78, 5) is 30.7. The molecule has 1 fully saturated rings. The van der Waals surface area contributed by atoms with Crippen molar-refractivity contribution >= 4 is 11.8 Å². The van der Waals surface area contributed by atoms with Crippen LogP contribution >= 0.6 is 0 Å². The van der Waals surface area contributed by atoms with E-state index < -0.39 is 40.5 Å². The lowest BCUT2D eigenvalue weighted by Gasteiger charge is -2.52. The van der Waals surface area contributed by atoms with Crippen molar-refractivity contribution in [2.24, 2.45) is 11.1 Å². The van der Waals surface area contributed by atoms with E-state index in [0.29, 0.717) is 33.4 Å². The number of carbonyl (C=O) groups excluding carboxylic acids is 2. The third-order valence-corrected chi connectivity index (χ3v) is 10.3. The van der Waals surface area contributed by atoms with Gasteiger partial charge in [0.1, 0.15) is 16.6 Å². The van der Waals surface area contributed by atoms with Crippen molar-refractivity contribution in [3.05, 3.63) is 215 Å². The second-order valence-electron chi connectivity index (χ2n) is 13.3. The standard InChI is InChI=1S/C45H40N2O4/c46-41(48)43(31-32-43)42(49)47(39(33-19-7-1-8-20-33)44(50,35-23-11-3-12-24-35)36-25-13-4-14-26-36)40(34-21-9-2-10-22-34)45(51,37-27-15-5-16-28-37)38-29-17-6-18-30-38/h1-30,39-40,50-51H,31-32H2,(H2,46,48)/t39-,40-/m1/s1. The summed E-state index contributed by atoms with van der Waals surface area (Å²) in [5, 5.41) is 27.4. The van der Waals surface area contributed by atoms with E-state index in [0.717, 1.165) is 0 Å². The van der Waals surface area contributed by atoms with Gasteiger partial charge in [-0.05, 0) is 46.2 Å². The molecule has 51 heavy (non-hydrogen) atoms. The van der Waals surface area contributed by atoms with Gasteiger partial charge in [-0.3, -0.25) is 9.59 Å². The second-order valence-corrected chi connectivity index (χ2v) is 13.3. The average Bonchev–Trinajstić information content (AvgIpc) is 4.02. The fourth-order valence-corrected chi connectivity index (χ4v) is 7.53. The van der Waals surface area contributed by atoms with Crippen LogP contribution in [0.15, 0.2) is 182 Å². The summed E-state index contributed by atoms with van der Waals surface area (Å²) in [5.41, 5.74) is 4.11. The quantitative estimate of drug-likeness (QED) is 0.118. The van der Waals surface area contributed by atoms with Gasteiger partial charge in [-0.15, -0.1) is 0 Å². The summed E-state index contributed by atoms with van der Waals surface area (Å²) >= 11 is 0. The molecular weight excluding hydrogens is 633 g/mol. The molecule has 0 aliphatic heterocycles. The molecule has 6 aromatic rings. The zero-order valence-corrected chi connectivity index (χ0v) is 28.1. The van der Waals surface area contributed by atoms with E-state index in [-0.39, 0.29) is 12.8 Å². The Labute approximate surface area is 298 Å². The Hall–Kier alpha value is -5.82. The van der Waals surface area contributed by atoms with Gasteiger partial charge in [-0.2, -0.15) is 0 Å². The Morgan fingerprint density at radius 2 is 0.745 bits per heavy atom. The highest BCUT2D eigenvalue weighted by atomic mass is 16.3. The maximum absolute atomic E-state index is 15.7. The third-order valence-electron chi connectivity index (χ3n) is 10.3.